The van der Waals surface area contributed by atoms with E-state index < -0.39 is 17.8 Å². The number of halogens is 4. The zero-order chi connectivity index (χ0) is 19.4. The first-order chi connectivity index (χ1) is 12.8. The van der Waals surface area contributed by atoms with Crippen LogP contribution < -0.4 is 10.6 Å². The molecule has 1 heterocycles. The molecule has 0 saturated heterocycles. The number of nitrogens with one attached hydrogen (secondary N) is 2. The molecule has 0 spiro atoms. The summed E-state index contributed by atoms with van der Waals surface area (Å²) in [6, 6.07) is 11.0. The lowest BCUT2D eigenvalue weighted by atomic mass is 10.2. The summed E-state index contributed by atoms with van der Waals surface area (Å²) in [5.41, 5.74) is 0.537. The minimum Gasteiger partial charge on any atom is -0.308 e. The van der Waals surface area contributed by atoms with Gasteiger partial charge < -0.3 is 10.6 Å². The monoisotopic (exact) mass is 394 g/mol. The third-order valence-corrected chi connectivity index (χ3v) is 3.81. The average molecular weight is 395 g/mol. The van der Waals surface area contributed by atoms with Crippen molar-refractivity contribution >= 4 is 29.0 Å². The molecule has 5 nitrogen and oxygen atoms in total. The molecule has 2 aromatic carbocycles. The molecule has 140 valence electrons. The molecule has 2 amide bonds. The number of carbonyl (C=O) groups is 1. The number of rotatable bonds is 4. The number of benzene rings is 2. The van der Waals surface area contributed by atoms with Crippen molar-refractivity contribution < 1.29 is 18.0 Å². The largest absolute Gasteiger partial charge is 0.416 e. The van der Waals surface area contributed by atoms with Crippen molar-refractivity contribution in [2.24, 2.45) is 0 Å². The van der Waals surface area contributed by atoms with E-state index in [0.717, 1.165) is 17.7 Å². The van der Waals surface area contributed by atoms with E-state index in [0.29, 0.717) is 17.3 Å². The minimum atomic E-state index is -4.48. The van der Waals surface area contributed by atoms with Crippen LogP contribution in [-0.4, -0.2) is 15.8 Å². The van der Waals surface area contributed by atoms with Gasteiger partial charge in [0.1, 0.15) is 0 Å². The topological polar surface area (TPSA) is 59.0 Å². The van der Waals surface area contributed by atoms with E-state index in [-0.39, 0.29) is 5.69 Å². The van der Waals surface area contributed by atoms with Crippen LogP contribution in [0, 0.1) is 0 Å². The Labute approximate surface area is 157 Å². The van der Waals surface area contributed by atoms with Crippen LogP contribution in [0.15, 0.2) is 60.9 Å². The summed E-state index contributed by atoms with van der Waals surface area (Å²) >= 11 is 5.94. The van der Waals surface area contributed by atoms with Crippen molar-refractivity contribution in [3.8, 4) is 0 Å². The van der Waals surface area contributed by atoms with Crippen LogP contribution in [0.4, 0.5) is 29.3 Å². The first-order valence-corrected chi connectivity index (χ1v) is 8.19. The second-order valence-electron chi connectivity index (χ2n) is 5.71. The fourth-order valence-electron chi connectivity index (χ4n) is 2.40. The van der Waals surface area contributed by atoms with E-state index >= 15 is 0 Å². The number of carbonyl (C=O) groups excluding carboxylic acids is 1. The van der Waals surface area contributed by atoms with Crippen LogP contribution in [0.3, 0.4) is 0 Å². The number of anilines is 2. The number of amides is 2. The van der Waals surface area contributed by atoms with Gasteiger partial charge in [-0.25, -0.2) is 4.79 Å². The maximum absolute atomic E-state index is 12.7. The molecule has 2 N–H and O–H groups in total. The Bertz CT molecular complexity index is 956. The molecule has 0 unspecified atom stereocenters. The Hall–Kier alpha value is -3.00. The Morgan fingerprint density at radius 1 is 1.07 bits per heavy atom. The summed E-state index contributed by atoms with van der Waals surface area (Å²) in [5.74, 6) is 0. The van der Waals surface area contributed by atoms with Crippen molar-refractivity contribution in [3.63, 3.8) is 0 Å². The quantitative estimate of drug-likeness (QED) is 0.635. The summed E-state index contributed by atoms with van der Waals surface area (Å²) in [4.78, 5) is 12.0. The molecule has 0 aliphatic rings. The second-order valence-corrected chi connectivity index (χ2v) is 6.15. The number of nitrogens with zero attached hydrogens (tertiary/aromatic N) is 2. The van der Waals surface area contributed by atoms with Crippen LogP contribution in [0.25, 0.3) is 0 Å². The molecule has 9 heteroatoms. The summed E-state index contributed by atoms with van der Waals surface area (Å²) in [6.45, 7) is 0.456. The zero-order valence-corrected chi connectivity index (χ0v) is 14.6. The first-order valence-electron chi connectivity index (χ1n) is 7.82. The first kappa shape index (κ1) is 18.8. The highest BCUT2D eigenvalue weighted by atomic mass is 35.5. The zero-order valence-electron chi connectivity index (χ0n) is 13.8. The molecule has 0 radical (unpaired) electrons. The predicted molar refractivity (Wildman–Crippen MR) is 96.9 cm³/mol. The van der Waals surface area contributed by atoms with Crippen molar-refractivity contribution in [1.29, 1.82) is 0 Å². The molecule has 0 saturated carbocycles. The van der Waals surface area contributed by atoms with Gasteiger partial charge in [0.25, 0.3) is 0 Å². The van der Waals surface area contributed by atoms with E-state index in [4.69, 9.17) is 11.6 Å². The molecule has 0 aliphatic heterocycles. The van der Waals surface area contributed by atoms with Gasteiger partial charge in [-0.05, 0) is 35.9 Å². The van der Waals surface area contributed by atoms with E-state index in [2.05, 4.69) is 15.7 Å². The van der Waals surface area contributed by atoms with Gasteiger partial charge in [0, 0.05) is 16.9 Å². The van der Waals surface area contributed by atoms with Gasteiger partial charge in [-0.3, -0.25) is 4.68 Å². The summed E-state index contributed by atoms with van der Waals surface area (Å²) < 4.78 is 39.7. The van der Waals surface area contributed by atoms with Gasteiger partial charge in [-0.15, -0.1) is 0 Å². The minimum absolute atomic E-state index is 0.0358. The fraction of sp³-hybridized carbons (Fsp3) is 0.111. The SMILES string of the molecule is O=C(Nc1cccc(C(F)(F)F)c1)Nc1cnn(Cc2cccc(Cl)c2)c1. The third-order valence-electron chi connectivity index (χ3n) is 3.57. The number of alkyl halides is 3. The van der Waals surface area contributed by atoms with Gasteiger partial charge in [0.2, 0.25) is 0 Å². The van der Waals surface area contributed by atoms with Crippen molar-refractivity contribution in [3.05, 3.63) is 77.1 Å². The average Bonchev–Trinajstić information content (AvgIpc) is 3.01. The highest BCUT2D eigenvalue weighted by Crippen LogP contribution is 2.30. The van der Waals surface area contributed by atoms with Crippen molar-refractivity contribution in [2.75, 3.05) is 10.6 Å². The molecular formula is C18H14ClF3N4O. The van der Waals surface area contributed by atoms with E-state index in [9.17, 15) is 18.0 Å². The van der Waals surface area contributed by atoms with Crippen molar-refractivity contribution in [2.45, 2.75) is 12.7 Å². The fourth-order valence-corrected chi connectivity index (χ4v) is 2.62. The number of hydrogen-bond donors (Lipinski definition) is 2. The highest BCUT2D eigenvalue weighted by Gasteiger charge is 2.30. The van der Waals surface area contributed by atoms with Crippen LogP contribution in [0.2, 0.25) is 5.02 Å². The van der Waals surface area contributed by atoms with E-state index in [1.54, 1.807) is 23.0 Å². The lowest BCUT2D eigenvalue weighted by Gasteiger charge is -2.10. The Balaban J connectivity index is 1.61. The summed E-state index contributed by atoms with van der Waals surface area (Å²) in [5, 5.41) is 9.63. The molecule has 0 aliphatic carbocycles. The molecule has 27 heavy (non-hydrogen) atoms. The number of urea groups is 1. The third kappa shape index (κ3) is 5.24. The lowest BCUT2D eigenvalue weighted by Crippen LogP contribution is -2.19. The number of hydrogen-bond acceptors (Lipinski definition) is 2. The summed E-state index contributed by atoms with van der Waals surface area (Å²) in [6.07, 6.45) is -1.43. The second kappa shape index (κ2) is 7.71. The van der Waals surface area contributed by atoms with Gasteiger partial charge in [-0.2, -0.15) is 18.3 Å². The van der Waals surface area contributed by atoms with E-state index in [1.165, 1.54) is 18.3 Å². The van der Waals surface area contributed by atoms with Gasteiger partial charge in [-0.1, -0.05) is 29.8 Å². The molecule has 0 fully saturated rings. The lowest BCUT2D eigenvalue weighted by molar-refractivity contribution is -0.137. The molecule has 0 atom stereocenters. The highest BCUT2D eigenvalue weighted by molar-refractivity contribution is 6.30. The molecular weight excluding hydrogens is 381 g/mol. The maximum atomic E-state index is 12.7. The van der Waals surface area contributed by atoms with Crippen LogP contribution >= 0.6 is 11.6 Å². The van der Waals surface area contributed by atoms with Crippen LogP contribution in [0.5, 0.6) is 0 Å². The maximum Gasteiger partial charge on any atom is 0.416 e. The smallest absolute Gasteiger partial charge is 0.308 e. The molecule has 0 bridgehead atoms. The standard InChI is InChI=1S/C18H14ClF3N4O/c19-14-5-1-3-12(7-14)10-26-11-16(9-23-26)25-17(27)24-15-6-2-4-13(8-15)18(20,21)22/h1-9,11H,10H2,(H2,24,25,27). The molecule has 3 aromatic rings. The summed E-state index contributed by atoms with van der Waals surface area (Å²) in [7, 11) is 0. The Morgan fingerprint density at radius 2 is 1.81 bits per heavy atom. The van der Waals surface area contributed by atoms with Gasteiger partial charge in [0.15, 0.2) is 0 Å². The predicted octanol–water partition coefficient (Wildman–Crippen LogP) is 5.25. The van der Waals surface area contributed by atoms with Crippen molar-refractivity contribution in [1.82, 2.24) is 9.78 Å². The normalized spacial score (nSPS) is 11.3. The number of aromatic nitrogens is 2. The Morgan fingerprint density at radius 3 is 2.56 bits per heavy atom. The Kier molecular flexibility index (Phi) is 5.36. The van der Waals surface area contributed by atoms with Gasteiger partial charge in [0.05, 0.1) is 24.0 Å². The van der Waals surface area contributed by atoms with Gasteiger partial charge >= 0.3 is 12.2 Å². The van der Waals surface area contributed by atoms with Crippen LogP contribution in [-0.2, 0) is 12.7 Å². The molecule has 1 aromatic heterocycles. The van der Waals surface area contributed by atoms with E-state index in [1.807, 2.05) is 12.1 Å². The molecule has 3 rings (SSSR count). The van der Waals surface area contributed by atoms with Crippen LogP contribution in [0.1, 0.15) is 11.1 Å².